The summed E-state index contributed by atoms with van der Waals surface area (Å²) in [7, 11) is 1.29. The summed E-state index contributed by atoms with van der Waals surface area (Å²) in [6.07, 6.45) is 0.305. The van der Waals surface area contributed by atoms with Gasteiger partial charge >= 0.3 is 12.1 Å². The first kappa shape index (κ1) is 29.0. The highest BCUT2D eigenvalue weighted by Gasteiger charge is 2.46. The number of ketones is 1. The number of halogens is 1. The molecule has 1 aliphatic heterocycles. The first-order chi connectivity index (χ1) is 16.0. The third-order valence-electron chi connectivity index (χ3n) is 5.59. The van der Waals surface area contributed by atoms with Crippen LogP contribution in [0, 0.1) is 17.8 Å². The van der Waals surface area contributed by atoms with Gasteiger partial charge in [-0.3, -0.25) is 19.8 Å². The number of likely N-dealkylation sites (tertiary alicyclic amines) is 1. The van der Waals surface area contributed by atoms with Crippen LogP contribution in [-0.4, -0.2) is 64.7 Å². The van der Waals surface area contributed by atoms with Crippen LogP contribution in [0.3, 0.4) is 0 Å². The number of carbonyl (C=O) groups excluding carboxylic acids is 3. The molecule has 1 aromatic heterocycles. The molecule has 1 amide bonds. The van der Waals surface area contributed by atoms with E-state index >= 15 is 0 Å². The van der Waals surface area contributed by atoms with Crippen LogP contribution in [0.15, 0.2) is 6.20 Å². The van der Waals surface area contributed by atoms with Crippen LogP contribution in [-0.2, 0) is 19.7 Å². The Bertz CT molecular complexity index is 939. The zero-order chi connectivity index (χ0) is 26.7. The summed E-state index contributed by atoms with van der Waals surface area (Å²) in [6, 6.07) is 0. The molecule has 0 aliphatic carbocycles. The smallest absolute Gasteiger partial charge is 0.411 e. The van der Waals surface area contributed by atoms with Crippen molar-refractivity contribution < 1.29 is 23.9 Å². The summed E-state index contributed by atoms with van der Waals surface area (Å²) >= 11 is 6.39. The summed E-state index contributed by atoms with van der Waals surface area (Å²) in [4.78, 5) is 49.6. The standard InChI is InChI=1S/C25H39ClN4O5/c1-14(2)11-27-20-16(21(32)34-9)10-15(13-30(20)23(33)35-25(6,7)8)18(31)17-12-28-22(24(3,4)5)29-19(17)26/h12,14-16,20,27H,10-11,13H2,1-9H3/t15-,16+,20?/m0/s1. The van der Waals surface area contributed by atoms with Crippen molar-refractivity contribution in [3.63, 3.8) is 0 Å². The normalized spacial score (nSPS) is 21.1. The third-order valence-corrected chi connectivity index (χ3v) is 5.88. The molecule has 1 aliphatic rings. The molecule has 1 N–H and O–H groups in total. The predicted octanol–water partition coefficient (Wildman–Crippen LogP) is 4.23. The highest BCUT2D eigenvalue weighted by atomic mass is 35.5. The molecule has 0 radical (unpaired) electrons. The van der Waals surface area contributed by atoms with Gasteiger partial charge in [0.05, 0.1) is 24.8 Å². The number of nitrogens with one attached hydrogen (secondary N) is 1. The highest BCUT2D eigenvalue weighted by Crippen LogP contribution is 2.33. The van der Waals surface area contributed by atoms with E-state index in [0.29, 0.717) is 12.4 Å². The molecular weight excluding hydrogens is 472 g/mol. The van der Waals surface area contributed by atoms with Crippen LogP contribution >= 0.6 is 11.6 Å². The van der Waals surface area contributed by atoms with Crippen molar-refractivity contribution in [1.82, 2.24) is 20.2 Å². The lowest BCUT2D eigenvalue weighted by atomic mass is 9.82. The first-order valence-electron chi connectivity index (χ1n) is 11.9. The summed E-state index contributed by atoms with van der Waals surface area (Å²) in [5.41, 5.74) is -0.933. The molecule has 1 aromatic rings. The molecule has 1 saturated heterocycles. The second-order valence-electron chi connectivity index (χ2n) is 11.5. The molecule has 35 heavy (non-hydrogen) atoms. The lowest BCUT2D eigenvalue weighted by Gasteiger charge is -2.43. The van der Waals surface area contributed by atoms with Crippen LogP contribution in [0.25, 0.3) is 0 Å². The Morgan fingerprint density at radius 3 is 2.31 bits per heavy atom. The van der Waals surface area contributed by atoms with E-state index in [2.05, 4.69) is 15.3 Å². The molecule has 1 unspecified atom stereocenters. The summed E-state index contributed by atoms with van der Waals surface area (Å²) in [5.74, 6) is -1.55. The number of aromatic nitrogens is 2. The fraction of sp³-hybridized carbons (Fsp3) is 0.720. The fourth-order valence-electron chi connectivity index (χ4n) is 3.87. The van der Waals surface area contributed by atoms with Gasteiger partial charge in [-0.05, 0) is 39.7 Å². The number of nitrogens with zero attached hydrogens (tertiary/aromatic N) is 3. The Hall–Kier alpha value is -2.26. The van der Waals surface area contributed by atoms with Crippen LogP contribution in [0.1, 0.15) is 78.0 Å². The lowest BCUT2D eigenvalue weighted by Crippen LogP contribution is -2.61. The average molecular weight is 511 g/mol. The zero-order valence-electron chi connectivity index (χ0n) is 22.3. The number of methoxy groups -OCH3 is 1. The van der Waals surface area contributed by atoms with Crippen molar-refractivity contribution in [2.24, 2.45) is 17.8 Å². The molecule has 9 nitrogen and oxygen atoms in total. The summed E-state index contributed by atoms with van der Waals surface area (Å²) in [5, 5.41) is 3.35. The Morgan fingerprint density at radius 1 is 1.20 bits per heavy atom. The van der Waals surface area contributed by atoms with Crippen LogP contribution < -0.4 is 5.32 Å². The van der Waals surface area contributed by atoms with Crippen LogP contribution in [0.5, 0.6) is 0 Å². The molecule has 0 saturated carbocycles. The number of Topliss-reactive ketones (excluding diaryl/α,β-unsaturated/α-hetero) is 1. The minimum Gasteiger partial charge on any atom is -0.469 e. The Balaban J connectivity index is 2.45. The second-order valence-corrected chi connectivity index (χ2v) is 11.8. The third kappa shape index (κ3) is 7.61. The maximum absolute atomic E-state index is 13.5. The largest absolute Gasteiger partial charge is 0.469 e. The number of ether oxygens (including phenoxy) is 2. The topological polar surface area (TPSA) is 111 Å². The first-order valence-corrected chi connectivity index (χ1v) is 12.3. The van der Waals surface area contributed by atoms with Crippen LogP contribution in [0.4, 0.5) is 4.79 Å². The van der Waals surface area contributed by atoms with Gasteiger partial charge < -0.3 is 9.47 Å². The van der Waals surface area contributed by atoms with Gasteiger partial charge in [0.15, 0.2) is 5.78 Å². The van der Waals surface area contributed by atoms with Crippen molar-refractivity contribution in [2.45, 2.75) is 79.0 Å². The Labute approximate surface area is 213 Å². The molecule has 2 heterocycles. The number of esters is 1. The molecular formula is C25H39ClN4O5. The van der Waals surface area contributed by atoms with Gasteiger partial charge in [-0.15, -0.1) is 0 Å². The van der Waals surface area contributed by atoms with E-state index in [1.54, 1.807) is 20.8 Å². The summed E-state index contributed by atoms with van der Waals surface area (Å²) in [6.45, 7) is 15.8. The zero-order valence-corrected chi connectivity index (χ0v) is 23.0. The molecule has 2 rings (SSSR count). The van der Waals surface area contributed by atoms with Crippen molar-refractivity contribution in [2.75, 3.05) is 20.2 Å². The second kappa shape index (κ2) is 11.2. The minimum atomic E-state index is -0.775. The van der Waals surface area contributed by atoms with Gasteiger partial charge in [0.25, 0.3) is 0 Å². The van der Waals surface area contributed by atoms with Gasteiger partial charge in [0.1, 0.15) is 16.6 Å². The van der Waals surface area contributed by atoms with E-state index < -0.39 is 35.7 Å². The molecule has 10 heteroatoms. The number of piperidine rings is 1. The van der Waals surface area contributed by atoms with Gasteiger partial charge in [0, 0.05) is 24.1 Å². The van der Waals surface area contributed by atoms with E-state index in [9.17, 15) is 14.4 Å². The van der Waals surface area contributed by atoms with Crippen molar-refractivity contribution in [3.05, 3.63) is 22.7 Å². The van der Waals surface area contributed by atoms with Crippen molar-refractivity contribution in [1.29, 1.82) is 0 Å². The van der Waals surface area contributed by atoms with E-state index in [-0.39, 0.29) is 40.8 Å². The maximum Gasteiger partial charge on any atom is 0.411 e. The number of hydrogen-bond acceptors (Lipinski definition) is 8. The average Bonchev–Trinajstić information content (AvgIpc) is 2.74. The number of hydrogen-bond donors (Lipinski definition) is 1. The van der Waals surface area contributed by atoms with E-state index in [1.807, 2.05) is 34.6 Å². The quantitative estimate of drug-likeness (QED) is 0.344. The summed E-state index contributed by atoms with van der Waals surface area (Å²) < 4.78 is 10.7. The Kier molecular flexibility index (Phi) is 9.27. The predicted molar refractivity (Wildman–Crippen MR) is 133 cm³/mol. The molecule has 0 spiro atoms. The molecule has 0 bridgehead atoms. The molecule has 3 atom stereocenters. The molecule has 1 fully saturated rings. The van der Waals surface area contributed by atoms with E-state index in [1.165, 1.54) is 18.2 Å². The van der Waals surface area contributed by atoms with Crippen LogP contribution in [0.2, 0.25) is 5.15 Å². The van der Waals surface area contributed by atoms with Gasteiger partial charge in [0.2, 0.25) is 0 Å². The molecule has 0 aromatic carbocycles. The SMILES string of the molecule is COC(=O)[C@@H]1C[C@H](C(=O)c2cnc(C(C)(C)C)nc2Cl)CN(C(=O)OC(C)(C)C)C1NCC(C)C. The fourth-order valence-corrected chi connectivity index (χ4v) is 4.09. The lowest BCUT2D eigenvalue weighted by molar-refractivity contribution is -0.151. The van der Waals surface area contributed by atoms with Gasteiger partial charge in [-0.2, -0.15) is 0 Å². The highest BCUT2D eigenvalue weighted by molar-refractivity contribution is 6.32. The number of rotatable bonds is 6. The minimum absolute atomic E-state index is 0.0495. The van der Waals surface area contributed by atoms with E-state index in [4.69, 9.17) is 21.1 Å². The Morgan fingerprint density at radius 2 is 1.83 bits per heavy atom. The van der Waals surface area contributed by atoms with Crippen molar-refractivity contribution in [3.8, 4) is 0 Å². The molecule has 196 valence electrons. The number of amides is 1. The van der Waals surface area contributed by atoms with Crippen molar-refractivity contribution >= 4 is 29.4 Å². The van der Waals surface area contributed by atoms with E-state index in [0.717, 1.165) is 0 Å². The monoisotopic (exact) mass is 510 g/mol. The number of carbonyl (C=O) groups is 3. The van der Waals surface area contributed by atoms with Gasteiger partial charge in [-0.1, -0.05) is 46.2 Å². The van der Waals surface area contributed by atoms with Gasteiger partial charge in [-0.25, -0.2) is 14.8 Å². The maximum atomic E-state index is 13.5.